The quantitative estimate of drug-likeness (QED) is 0.296. The Morgan fingerprint density at radius 1 is 0.704 bits per heavy atom. The van der Waals surface area contributed by atoms with Crippen LogP contribution in [0.25, 0.3) is 0 Å². The maximum Gasteiger partial charge on any atom is 0.317 e. The largest absolute Gasteiger partial charge is 0.466 e. The molecule has 0 radical (unpaired) electrons. The average Bonchev–Trinajstić information content (AvgIpc) is 2.85. The molecule has 27 heavy (non-hydrogen) atoms. The summed E-state index contributed by atoms with van der Waals surface area (Å²) in [5, 5.41) is 0. The number of carbonyl (C=O) groups excluding carboxylic acids is 4. The fourth-order valence-corrected chi connectivity index (χ4v) is 2.30. The summed E-state index contributed by atoms with van der Waals surface area (Å²) in [6, 6.07) is 0. The van der Waals surface area contributed by atoms with E-state index >= 15 is 0 Å². The molecule has 0 aromatic rings. The van der Waals surface area contributed by atoms with Gasteiger partial charge in [-0.3, -0.25) is 19.2 Å². The van der Waals surface area contributed by atoms with Crippen LogP contribution in [-0.2, 0) is 47.6 Å². The van der Waals surface area contributed by atoms with Gasteiger partial charge in [0.2, 0.25) is 0 Å². The molecule has 0 aliphatic carbocycles. The van der Waals surface area contributed by atoms with Crippen LogP contribution in [0.4, 0.5) is 0 Å². The second kappa shape index (κ2) is 10.8. The Hall–Kier alpha value is -2.20. The molecule has 0 bridgehead atoms. The molecule has 154 valence electrons. The molecule has 10 heteroatoms. The minimum Gasteiger partial charge on any atom is -0.466 e. The van der Waals surface area contributed by atoms with Crippen molar-refractivity contribution in [2.24, 2.45) is 0 Å². The number of hydrogen-bond acceptors (Lipinski definition) is 10. The van der Waals surface area contributed by atoms with Crippen LogP contribution < -0.4 is 0 Å². The summed E-state index contributed by atoms with van der Waals surface area (Å²) in [5.41, 5.74) is 0. The van der Waals surface area contributed by atoms with Crippen molar-refractivity contribution < 1.29 is 47.6 Å². The van der Waals surface area contributed by atoms with E-state index in [1.54, 1.807) is 27.7 Å². The van der Waals surface area contributed by atoms with E-state index in [1.807, 2.05) is 0 Å². The van der Waals surface area contributed by atoms with E-state index in [0.717, 1.165) is 0 Å². The van der Waals surface area contributed by atoms with E-state index in [0.29, 0.717) is 0 Å². The van der Waals surface area contributed by atoms with Gasteiger partial charge in [0.15, 0.2) is 5.79 Å². The molecule has 10 nitrogen and oxygen atoms in total. The zero-order valence-corrected chi connectivity index (χ0v) is 16.0. The fourth-order valence-electron chi connectivity index (χ4n) is 2.30. The first-order valence-corrected chi connectivity index (χ1v) is 8.65. The minimum absolute atomic E-state index is 0.166. The predicted octanol–water partition coefficient (Wildman–Crippen LogP) is 0.499. The van der Waals surface area contributed by atoms with Crippen LogP contribution in [0.3, 0.4) is 0 Å². The van der Waals surface area contributed by atoms with Crippen molar-refractivity contribution in [3.63, 3.8) is 0 Å². The first-order chi connectivity index (χ1) is 12.7. The molecule has 0 saturated carbocycles. The van der Waals surface area contributed by atoms with E-state index in [1.165, 1.54) is 0 Å². The van der Waals surface area contributed by atoms with Gasteiger partial charge in [-0.25, -0.2) is 0 Å². The monoisotopic (exact) mass is 390 g/mol. The van der Waals surface area contributed by atoms with Gasteiger partial charge in [-0.05, 0) is 27.7 Å². The number of carbonyl (C=O) groups is 4. The van der Waals surface area contributed by atoms with Gasteiger partial charge in [-0.1, -0.05) is 0 Å². The molecular weight excluding hydrogens is 364 g/mol. The van der Waals surface area contributed by atoms with Crippen molar-refractivity contribution in [2.45, 2.75) is 58.5 Å². The van der Waals surface area contributed by atoms with Crippen molar-refractivity contribution in [3.8, 4) is 0 Å². The molecule has 1 saturated heterocycles. The van der Waals surface area contributed by atoms with Gasteiger partial charge in [0, 0.05) is 0 Å². The summed E-state index contributed by atoms with van der Waals surface area (Å²) in [6.45, 7) is 6.51. The van der Waals surface area contributed by atoms with Crippen molar-refractivity contribution in [1.82, 2.24) is 0 Å². The van der Waals surface area contributed by atoms with Gasteiger partial charge in [-0.15, -0.1) is 0 Å². The van der Waals surface area contributed by atoms with Gasteiger partial charge in [-0.2, -0.15) is 0 Å². The molecule has 0 aromatic carbocycles. The van der Waals surface area contributed by atoms with Gasteiger partial charge < -0.3 is 28.4 Å². The second-order valence-corrected chi connectivity index (χ2v) is 6.04. The smallest absolute Gasteiger partial charge is 0.317 e. The molecule has 1 rings (SSSR count). The van der Waals surface area contributed by atoms with E-state index in [9.17, 15) is 19.2 Å². The highest BCUT2D eigenvalue weighted by molar-refractivity contribution is 5.91. The Labute approximate surface area is 157 Å². The van der Waals surface area contributed by atoms with E-state index in [2.05, 4.69) is 9.47 Å². The van der Waals surface area contributed by atoms with Gasteiger partial charge in [0.25, 0.3) is 0 Å². The standard InChI is InChI=1S/C17H26O10/c1-5-22-13(18)7-15(20)24-9-11-12(27-17(3,4)26-11)10-25-16(21)8-14(19)23-6-2/h11-12H,5-10H2,1-4H3/t11-,12-/m0/s1. The zero-order valence-electron chi connectivity index (χ0n) is 16.0. The molecule has 0 unspecified atom stereocenters. The summed E-state index contributed by atoms with van der Waals surface area (Å²) in [6.07, 6.45) is -2.43. The molecular formula is C17H26O10. The molecule has 1 aliphatic rings. The first kappa shape index (κ1) is 22.8. The highest BCUT2D eigenvalue weighted by Gasteiger charge is 2.42. The highest BCUT2D eigenvalue weighted by Crippen LogP contribution is 2.28. The molecule has 1 aliphatic heterocycles. The molecule has 2 atom stereocenters. The van der Waals surface area contributed by atoms with Crippen LogP contribution in [0.5, 0.6) is 0 Å². The Kier molecular flexibility index (Phi) is 9.16. The van der Waals surface area contributed by atoms with Gasteiger partial charge in [0.1, 0.15) is 38.3 Å². The third-order valence-electron chi connectivity index (χ3n) is 3.29. The van der Waals surface area contributed by atoms with Crippen LogP contribution in [0.15, 0.2) is 0 Å². The molecule has 1 fully saturated rings. The summed E-state index contributed by atoms with van der Waals surface area (Å²) in [7, 11) is 0. The van der Waals surface area contributed by atoms with Crippen molar-refractivity contribution in [3.05, 3.63) is 0 Å². The SMILES string of the molecule is CCOC(=O)CC(=O)OC[C@@H]1OC(C)(C)O[C@H]1COC(=O)CC(=O)OCC. The maximum absolute atomic E-state index is 11.6. The Morgan fingerprint density at radius 2 is 1.04 bits per heavy atom. The van der Waals surface area contributed by atoms with Crippen molar-refractivity contribution in [1.29, 1.82) is 0 Å². The zero-order chi connectivity index (χ0) is 20.4. The normalized spacial score (nSPS) is 20.6. The third-order valence-corrected chi connectivity index (χ3v) is 3.29. The fraction of sp³-hybridized carbons (Fsp3) is 0.765. The second-order valence-electron chi connectivity index (χ2n) is 6.04. The average molecular weight is 390 g/mol. The van der Waals surface area contributed by atoms with Crippen LogP contribution in [0.2, 0.25) is 0 Å². The van der Waals surface area contributed by atoms with Gasteiger partial charge in [0.05, 0.1) is 13.2 Å². The van der Waals surface area contributed by atoms with Crippen LogP contribution >= 0.6 is 0 Å². The van der Waals surface area contributed by atoms with Crippen LogP contribution in [0.1, 0.15) is 40.5 Å². The Morgan fingerprint density at radius 3 is 1.37 bits per heavy atom. The Bertz CT molecular complexity index is 496. The Balaban J connectivity index is 2.47. The molecule has 0 N–H and O–H groups in total. The molecule has 1 heterocycles. The molecule has 0 amide bonds. The summed E-state index contributed by atoms with van der Waals surface area (Å²) in [4.78, 5) is 45.8. The lowest BCUT2D eigenvalue weighted by molar-refractivity contribution is -0.165. The number of rotatable bonds is 10. The van der Waals surface area contributed by atoms with E-state index in [4.69, 9.17) is 18.9 Å². The number of hydrogen-bond donors (Lipinski definition) is 0. The van der Waals surface area contributed by atoms with Crippen LogP contribution in [0, 0.1) is 0 Å². The third kappa shape index (κ3) is 8.83. The topological polar surface area (TPSA) is 124 Å². The first-order valence-electron chi connectivity index (χ1n) is 8.65. The highest BCUT2D eigenvalue weighted by atomic mass is 16.8. The summed E-state index contributed by atoms with van der Waals surface area (Å²) in [5.74, 6) is -3.87. The lowest BCUT2D eigenvalue weighted by Crippen LogP contribution is -2.34. The van der Waals surface area contributed by atoms with Gasteiger partial charge >= 0.3 is 23.9 Å². The van der Waals surface area contributed by atoms with Crippen molar-refractivity contribution in [2.75, 3.05) is 26.4 Å². The van der Waals surface area contributed by atoms with Crippen LogP contribution in [-0.4, -0.2) is 68.3 Å². The minimum atomic E-state index is -0.976. The summed E-state index contributed by atoms with van der Waals surface area (Å²) < 4.78 is 30.6. The summed E-state index contributed by atoms with van der Waals surface area (Å²) >= 11 is 0. The molecule has 0 spiro atoms. The number of esters is 4. The molecule has 0 aromatic heterocycles. The maximum atomic E-state index is 11.6. The predicted molar refractivity (Wildman–Crippen MR) is 88.2 cm³/mol. The lowest BCUT2D eigenvalue weighted by atomic mass is 10.2. The number of ether oxygens (including phenoxy) is 6. The van der Waals surface area contributed by atoms with Crippen molar-refractivity contribution >= 4 is 23.9 Å². The van der Waals surface area contributed by atoms with E-state index in [-0.39, 0.29) is 26.4 Å². The lowest BCUT2D eigenvalue weighted by Gasteiger charge is -2.16. The van der Waals surface area contributed by atoms with E-state index < -0.39 is 54.7 Å².